The molecule has 4 nitrogen and oxygen atoms in total. The SMILES string of the molecule is COCc1c(F)c(F)c(C[C@@]2(C(=O)O)[C@H](/C=C(/C)C#N)C2(C)C)c(F)c1F. The van der Waals surface area contributed by atoms with Gasteiger partial charge in [-0.2, -0.15) is 5.26 Å². The van der Waals surface area contributed by atoms with Crippen molar-refractivity contribution in [3.63, 3.8) is 0 Å². The second-order valence-corrected chi connectivity index (χ2v) is 7.26. The molecule has 2 rings (SSSR count). The first kappa shape index (κ1) is 20.9. The van der Waals surface area contributed by atoms with Gasteiger partial charge in [0.1, 0.15) is 0 Å². The number of ether oxygens (including phenoxy) is 1. The van der Waals surface area contributed by atoms with Gasteiger partial charge in [-0.3, -0.25) is 4.79 Å². The molecule has 1 aliphatic carbocycles. The quantitative estimate of drug-likeness (QED) is 0.454. The van der Waals surface area contributed by atoms with Gasteiger partial charge in [0.25, 0.3) is 0 Å². The monoisotopic (exact) mass is 385 g/mol. The molecule has 0 spiro atoms. The maximum atomic E-state index is 14.5. The third kappa shape index (κ3) is 3.00. The fourth-order valence-electron chi connectivity index (χ4n) is 3.78. The molecule has 1 aromatic rings. The molecule has 0 radical (unpaired) electrons. The number of carbonyl (C=O) groups is 1. The molecule has 0 aliphatic heterocycles. The molecule has 1 aromatic carbocycles. The lowest BCUT2D eigenvalue weighted by molar-refractivity contribution is -0.145. The highest BCUT2D eigenvalue weighted by Crippen LogP contribution is 2.71. The van der Waals surface area contributed by atoms with E-state index in [1.165, 1.54) is 13.0 Å². The topological polar surface area (TPSA) is 70.3 Å². The second-order valence-electron chi connectivity index (χ2n) is 7.26. The van der Waals surface area contributed by atoms with Gasteiger partial charge in [0, 0.05) is 24.2 Å². The summed E-state index contributed by atoms with van der Waals surface area (Å²) >= 11 is 0. The Labute approximate surface area is 154 Å². The first-order valence-electron chi connectivity index (χ1n) is 8.11. The zero-order valence-electron chi connectivity index (χ0n) is 15.3. The van der Waals surface area contributed by atoms with E-state index in [1.54, 1.807) is 13.8 Å². The van der Waals surface area contributed by atoms with E-state index in [0.717, 1.165) is 7.11 Å². The summed E-state index contributed by atoms with van der Waals surface area (Å²) in [6.07, 6.45) is 0.657. The number of hydrogen-bond acceptors (Lipinski definition) is 3. The zero-order valence-corrected chi connectivity index (χ0v) is 15.3. The number of carboxylic acid groups (broad SMARTS) is 1. The molecule has 146 valence electrons. The van der Waals surface area contributed by atoms with Crippen LogP contribution in [0.5, 0.6) is 0 Å². The Bertz CT molecular complexity index is 844. The average molecular weight is 385 g/mol. The minimum Gasteiger partial charge on any atom is -0.481 e. The first-order valence-corrected chi connectivity index (χ1v) is 8.11. The van der Waals surface area contributed by atoms with Crippen LogP contribution in [0.2, 0.25) is 0 Å². The van der Waals surface area contributed by atoms with Crippen LogP contribution >= 0.6 is 0 Å². The number of halogens is 4. The van der Waals surface area contributed by atoms with Crippen molar-refractivity contribution in [2.75, 3.05) is 7.11 Å². The third-order valence-corrected chi connectivity index (χ3v) is 5.54. The molecule has 0 amide bonds. The zero-order chi connectivity index (χ0) is 20.7. The molecular weight excluding hydrogens is 366 g/mol. The molecule has 8 heteroatoms. The predicted molar refractivity (Wildman–Crippen MR) is 87.4 cm³/mol. The number of methoxy groups -OCH3 is 1. The summed E-state index contributed by atoms with van der Waals surface area (Å²) in [4.78, 5) is 12.0. The summed E-state index contributed by atoms with van der Waals surface area (Å²) in [6, 6.07) is 1.86. The summed E-state index contributed by atoms with van der Waals surface area (Å²) in [5.41, 5.74) is -4.30. The van der Waals surface area contributed by atoms with Crippen LogP contribution < -0.4 is 0 Å². The number of carboxylic acids is 1. The molecule has 1 N–H and O–H groups in total. The average Bonchev–Trinajstić information content (AvgIpc) is 3.08. The van der Waals surface area contributed by atoms with Crippen molar-refractivity contribution in [1.82, 2.24) is 0 Å². The largest absolute Gasteiger partial charge is 0.481 e. The van der Waals surface area contributed by atoms with Crippen LogP contribution in [0.4, 0.5) is 17.6 Å². The highest BCUT2D eigenvalue weighted by atomic mass is 19.2. The molecule has 0 bridgehead atoms. The van der Waals surface area contributed by atoms with Crippen LogP contribution in [0.15, 0.2) is 11.6 Å². The van der Waals surface area contributed by atoms with E-state index in [4.69, 9.17) is 5.26 Å². The maximum absolute atomic E-state index is 14.5. The normalized spacial score (nSPS) is 23.8. The molecule has 0 aromatic heterocycles. The van der Waals surface area contributed by atoms with Gasteiger partial charge >= 0.3 is 5.97 Å². The number of aliphatic carboxylic acids is 1. The van der Waals surface area contributed by atoms with E-state index in [1.807, 2.05) is 6.07 Å². The molecule has 27 heavy (non-hydrogen) atoms. The lowest BCUT2D eigenvalue weighted by atomic mass is 9.87. The first-order chi connectivity index (χ1) is 12.5. The fraction of sp³-hybridized carbons (Fsp3) is 0.474. The summed E-state index contributed by atoms with van der Waals surface area (Å²) in [7, 11) is 1.11. The summed E-state index contributed by atoms with van der Waals surface area (Å²) in [6.45, 7) is 3.93. The van der Waals surface area contributed by atoms with Crippen molar-refractivity contribution in [2.45, 2.75) is 33.8 Å². The van der Waals surface area contributed by atoms with E-state index < -0.39 is 70.1 Å². The van der Waals surface area contributed by atoms with E-state index in [-0.39, 0.29) is 5.57 Å². The van der Waals surface area contributed by atoms with Crippen molar-refractivity contribution in [1.29, 1.82) is 5.26 Å². The van der Waals surface area contributed by atoms with Gasteiger partial charge in [-0.1, -0.05) is 19.9 Å². The Hall–Kier alpha value is -2.40. The van der Waals surface area contributed by atoms with Crippen molar-refractivity contribution in [3.8, 4) is 6.07 Å². The predicted octanol–water partition coefficient (Wildman–Crippen LogP) is 4.13. The highest BCUT2D eigenvalue weighted by molar-refractivity contribution is 5.82. The lowest BCUT2D eigenvalue weighted by Crippen LogP contribution is -2.26. The van der Waals surface area contributed by atoms with Gasteiger partial charge in [-0.15, -0.1) is 0 Å². The number of rotatable bonds is 6. The van der Waals surface area contributed by atoms with Crippen LogP contribution in [0.1, 0.15) is 31.9 Å². The Morgan fingerprint density at radius 1 is 1.19 bits per heavy atom. The van der Waals surface area contributed by atoms with Crippen LogP contribution in [0.25, 0.3) is 0 Å². The molecule has 0 saturated heterocycles. The van der Waals surface area contributed by atoms with Gasteiger partial charge in [-0.25, -0.2) is 17.6 Å². The fourth-order valence-corrected chi connectivity index (χ4v) is 3.78. The van der Waals surface area contributed by atoms with E-state index in [9.17, 15) is 27.5 Å². The van der Waals surface area contributed by atoms with Gasteiger partial charge < -0.3 is 9.84 Å². The number of nitriles is 1. The van der Waals surface area contributed by atoms with Crippen LogP contribution in [-0.4, -0.2) is 18.2 Å². The molecular formula is C19H19F4NO3. The lowest BCUT2D eigenvalue weighted by Gasteiger charge is -2.18. The minimum atomic E-state index is -1.70. The van der Waals surface area contributed by atoms with Crippen molar-refractivity contribution < 1.29 is 32.2 Å². The third-order valence-electron chi connectivity index (χ3n) is 5.54. The number of nitrogens with zero attached hydrogens (tertiary/aromatic N) is 1. The number of allylic oxidation sites excluding steroid dienone is 2. The van der Waals surface area contributed by atoms with Gasteiger partial charge in [0.05, 0.1) is 23.7 Å². The van der Waals surface area contributed by atoms with Gasteiger partial charge in [0.2, 0.25) is 0 Å². The molecule has 2 atom stereocenters. The van der Waals surface area contributed by atoms with Crippen molar-refractivity contribution in [3.05, 3.63) is 46.0 Å². The molecule has 1 saturated carbocycles. The number of benzene rings is 1. The molecule has 0 heterocycles. The van der Waals surface area contributed by atoms with Crippen LogP contribution in [-0.2, 0) is 22.6 Å². The second kappa shape index (κ2) is 6.97. The highest BCUT2D eigenvalue weighted by Gasteiger charge is 2.74. The molecule has 1 fully saturated rings. The van der Waals surface area contributed by atoms with E-state index in [0.29, 0.717) is 0 Å². The smallest absolute Gasteiger partial charge is 0.311 e. The van der Waals surface area contributed by atoms with Gasteiger partial charge in [-0.05, 0) is 18.8 Å². The summed E-state index contributed by atoms with van der Waals surface area (Å²) in [5, 5.41) is 18.7. The Balaban J connectivity index is 2.61. The maximum Gasteiger partial charge on any atom is 0.311 e. The Morgan fingerprint density at radius 3 is 2.07 bits per heavy atom. The van der Waals surface area contributed by atoms with Crippen LogP contribution in [0, 0.1) is 51.3 Å². The summed E-state index contributed by atoms with van der Waals surface area (Å²) < 4.78 is 61.8. The molecule has 1 aliphatic rings. The van der Waals surface area contributed by atoms with Crippen molar-refractivity contribution in [2.24, 2.45) is 16.7 Å². The minimum absolute atomic E-state index is 0.241. The van der Waals surface area contributed by atoms with Crippen molar-refractivity contribution >= 4 is 5.97 Å². The van der Waals surface area contributed by atoms with E-state index >= 15 is 0 Å². The van der Waals surface area contributed by atoms with Crippen LogP contribution in [0.3, 0.4) is 0 Å². The van der Waals surface area contributed by atoms with E-state index in [2.05, 4.69) is 4.74 Å². The number of hydrogen-bond donors (Lipinski definition) is 1. The summed E-state index contributed by atoms with van der Waals surface area (Å²) in [5.74, 6) is -8.58. The molecule has 0 unspecified atom stereocenters. The standard InChI is InChI=1S/C19H19F4NO3/c1-9(7-24)5-12-18(2,3)19(12,17(25)26)6-10-13(20)15(22)11(8-27-4)16(23)14(10)21/h5,12H,6,8H2,1-4H3,(H,25,26)/b9-5-/t12-,19+/m1/s1. The Kier molecular flexibility index (Phi) is 5.39. The van der Waals surface area contributed by atoms with Gasteiger partial charge in [0.15, 0.2) is 23.3 Å². The Morgan fingerprint density at radius 2 is 1.67 bits per heavy atom.